The minimum Gasteiger partial charge on any atom is -0.394 e. The summed E-state index contributed by atoms with van der Waals surface area (Å²) in [5.41, 5.74) is 0. The first-order valence-electron chi connectivity index (χ1n) is 49.7. The predicted octanol–water partition coefficient (Wildman–Crippen LogP) is -15.5. The number of nitrogens with one attached hydrogen (secondary N) is 11. The van der Waals surface area contributed by atoms with E-state index in [1.807, 2.05) is 13.8 Å². The minimum absolute atomic E-state index is 0.00399. The van der Waals surface area contributed by atoms with Gasteiger partial charge in [-0.2, -0.15) is 0 Å². The van der Waals surface area contributed by atoms with Crippen LogP contribution in [0.2, 0.25) is 0 Å². The van der Waals surface area contributed by atoms with E-state index in [4.69, 9.17) is 109 Å². The van der Waals surface area contributed by atoms with Crippen molar-refractivity contribution >= 4 is 70.9 Å². The highest BCUT2D eigenvalue weighted by atomic mass is 16.7. The van der Waals surface area contributed by atoms with Crippen molar-refractivity contribution in [2.75, 3.05) is 277 Å². The molecular weight excluding hydrogens is 2020 g/mol. The number of hydrogen-bond acceptors (Lipinski definition) is 48. The molecule has 5 rings (SSSR count). The molecule has 0 radical (unpaired) electrons. The summed E-state index contributed by atoms with van der Waals surface area (Å²) in [6.07, 6.45) is -24.4. The fourth-order valence-corrected chi connectivity index (χ4v) is 15.0. The van der Waals surface area contributed by atoms with Gasteiger partial charge in [-0.05, 0) is 26.7 Å². The van der Waals surface area contributed by atoms with Gasteiger partial charge in [0, 0.05) is 79.8 Å². The molecule has 0 aromatic carbocycles. The van der Waals surface area contributed by atoms with Gasteiger partial charge in [0.25, 0.3) is 0 Å². The third-order valence-electron chi connectivity index (χ3n) is 22.5. The van der Waals surface area contributed by atoms with Crippen molar-refractivity contribution in [3.05, 3.63) is 0 Å². The minimum atomic E-state index is -1.53. The van der Waals surface area contributed by atoms with Gasteiger partial charge in [0.05, 0.1) is 236 Å². The molecule has 0 spiro atoms. The number of amides is 12. The van der Waals surface area contributed by atoms with Gasteiger partial charge >= 0.3 is 0 Å². The number of carbonyl (C=O) groups excluding carboxylic acids is 12. The molecule has 0 saturated carbocycles. The quantitative estimate of drug-likeness (QED) is 0.0251. The molecule has 20 unspecified atom stereocenters. The Bertz CT molecular complexity index is 3610. The van der Waals surface area contributed by atoms with Gasteiger partial charge in [-0.25, -0.2) is 0 Å². The lowest BCUT2D eigenvalue weighted by Crippen LogP contribution is -2.64. The van der Waals surface area contributed by atoms with Crippen molar-refractivity contribution in [2.45, 2.75) is 226 Å². The number of ether oxygens (including phenoxy) is 23. The van der Waals surface area contributed by atoms with E-state index in [1.165, 1.54) is 32.6 Å². The van der Waals surface area contributed by atoms with E-state index in [2.05, 4.69) is 58.5 Å². The van der Waals surface area contributed by atoms with Crippen LogP contribution in [0.5, 0.6) is 0 Å². The Hall–Kier alpha value is -7.80. The van der Waals surface area contributed by atoms with Gasteiger partial charge < -0.3 is 239 Å². The number of carbonyl (C=O) groups is 12. The van der Waals surface area contributed by atoms with Gasteiger partial charge in [0.1, 0.15) is 136 Å². The second-order valence-corrected chi connectivity index (χ2v) is 35.0. The second kappa shape index (κ2) is 77.5. The van der Waals surface area contributed by atoms with Crippen molar-refractivity contribution in [1.82, 2.24) is 63.4 Å². The molecule has 5 fully saturated rings. The molecule has 5 heterocycles. The molecule has 0 aromatic heterocycles. The zero-order valence-electron chi connectivity index (χ0n) is 85.6. The molecule has 0 bridgehead atoms. The summed E-state index contributed by atoms with van der Waals surface area (Å²) in [5, 5.41) is 160. The topological polar surface area (TPSA) is 816 Å². The number of nitrogens with zero attached hydrogens (tertiary/aromatic N) is 1. The highest BCUT2D eigenvalue weighted by Gasteiger charge is 2.50. The van der Waals surface area contributed by atoms with Crippen LogP contribution in [0.4, 0.5) is 0 Å². The van der Waals surface area contributed by atoms with E-state index >= 15 is 0 Å². The van der Waals surface area contributed by atoms with Gasteiger partial charge in [-0.3, -0.25) is 57.5 Å². The summed E-state index contributed by atoms with van der Waals surface area (Å²) in [6.45, 7) is 1.66. The van der Waals surface area contributed by atoms with E-state index in [0.717, 1.165) is 0 Å². The molecule has 5 aliphatic rings. The van der Waals surface area contributed by atoms with Crippen molar-refractivity contribution in [3.63, 3.8) is 0 Å². The first-order valence-corrected chi connectivity index (χ1v) is 49.7. The molecule has 5 aliphatic heterocycles. The van der Waals surface area contributed by atoms with Crippen LogP contribution in [0.15, 0.2) is 0 Å². The maximum atomic E-state index is 13.9. The largest absolute Gasteiger partial charge is 0.394 e. The van der Waals surface area contributed by atoms with E-state index < -0.39 is 277 Å². The van der Waals surface area contributed by atoms with Crippen LogP contribution in [0.3, 0.4) is 0 Å². The summed E-state index contributed by atoms with van der Waals surface area (Å²) in [7, 11) is 0. The molecule has 150 heavy (non-hydrogen) atoms. The normalized spacial score (nSPS) is 26.0. The maximum Gasteiger partial charge on any atom is 0.248 e. The third-order valence-corrected chi connectivity index (χ3v) is 22.5. The fraction of sp³-hybridized carbons (Fsp3) is 0.867. The van der Waals surface area contributed by atoms with Gasteiger partial charge in [-0.15, -0.1) is 0 Å². The average molecular weight is 2180 g/mol. The van der Waals surface area contributed by atoms with Gasteiger partial charge in [0.2, 0.25) is 70.9 Å². The molecule has 0 aliphatic carbocycles. The van der Waals surface area contributed by atoms with E-state index in [-0.39, 0.29) is 255 Å². The predicted molar refractivity (Wildman–Crippen MR) is 506 cm³/mol. The molecule has 12 amide bonds. The lowest BCUT2D eigenvalue weighted by atomic mass is 9.97. The van der Waals surface area contributed by atoms with Crippen molar-refractivity contribution < 1.29 is 233 Å². The summed E-state index contributed by atoms with van der Waals surface area (Å²) >= 11 is 0. The zero-order chi connectivity index (χ0) is 110. The van der Waals surface area contributed by atoms with Crippen LogP contribution >= 0.6 is 0 Å². The summed E-state index contributed by atoms with van der Waals surface area (Å²) in [4.78, 5) is 158. The van der Waals surface area contributed by atoms with E-state index in [9.17, 15) is 124 Å². The SMILES string of the molecule is CC(=O)NC1C(OCCOCCOCCNC(=O)CC[C@@H](NC(=O)COCC(COCC(=O)N[C@H](CCC(=O)NCCOCCOCCOC2OC(CO)C(O)C(O)C2NC(C)=O)C(=O)NCCOCCOCCOC2OC(CO)C(O)C(O)C2NC(C)=O)NC(=O)COCCOCCOCC(=O)N2C[C@@H](CO)O[C@H](COC(C)C)C2)C(=O)NCCOCCOCCOC2OC(CO)C(O)C(O)C2NC(C)=O)OC(CO)C(O)C1O. The Labute approximate surface area is 867 Å². The van der Waals surface area contributed by atoms with Crippen molar-refractivity contribution in [1.29, 1.82) is 0 Å². The summed E-state index contributed by atoms with van der Waals surface area (Å²) < 4.78 is 129. The number of aliphatic hydroxyl groups is 13. The number of aliphatic hydroxyl groups excluding tert-OH is 13. The van der Waals surface area contributed by atoms with Crippen molar-refractivity contribution in [2.24, 2.45) is 0 Å². The summed E-state index contributed by atoms with van der Waals surface area (Å²) in [5.74, 6) is -7.73. The Morgan fingerprint density at radius 2 is 0.580 bits per heavy atom. The molecule has 0 aromatic rings. The lowest BCUT2D eigenvalue weighted by Gasteiger charge is -2.42. The Morgan fingerprint density at radius 1 is 0.307 bits per heavy atom. The van der Waals surface area contributed by atoms with E-state index in [0.29, 0.717) is 0 Å². The number of morpholine rings is 1. The number of hydrogen-bond donors (Lipinski definition) is 24. The molecule has 24 atom stereocenters. The van der Waals surface area contributed by atoms with Crippen LogP contribution < -0.4 is 58.5 Å². The zero-order valence-corrected chi connectivity index (χ0v) is 85.6. The molecule has 24 N–H and O–H groups in total. The van der Waals surface area contributed by atoms with Gasteiger partial charge in [-0.1, -0.05) is 0 Å². The highest BCUT2D eigenvalue weighted by molar-refractivity contribution is 5.90. The average Bonchev–Trinajstić information content (AvgIpc) is 0.816. The first-order chi connectivity index (χ1) is 72.0. The van der Waals surface area contributed by atoms with Crippen LogP contribution in [0.1, 0.15) is 67.2 Å². The highest BCUT2D eigenvalue weighted by Crippen LogP contribution is 2.27. The van der Waals surface area contributed by atoms with Crippen LogP contribution in [0.25, 0.3) is 0 Å². The van der Waals surface area contributed by atoms with Crippen LogP contribution in [-0.2, 0) is 166 Å². The second-order valence-electron chi connectivity index (χ2n) is 35.0. The molecule has 60 heteroatoms. The third kappa shape index (κ3) is 53.6. The molecule has 868 valence electrons. The molecule has 60 nitrogen and oxygen atoms in total. The van der Waals surface area contributed by atoms with Crippen molar-refractivity contribution in [3.8, 4) is 0 Å². The first kappa shape index (κ1) is 133. The number of rotatable bonds is 81. The molecule has 5 saturated heterocycles. The van der Waals surface area contributed by atoms with Gasteiger partial charge in [0.15, 0.2) is 25.2 Å². The van der Waals surface area contributed by atoms with E-state index in [1.54, 1.807) is 0 Å². The summed E-state index contributed by atoms with van der Waals surface area (Å²) in [6, 6.07) is -8.67. The van der Waals surface area contributed by atoms with Crippen LogP contribution in [0, 0.1) is 0 Å². The monoisotopic (exact) mass is 2180 g/mol. The Kier molecular flexibility index (Phi) is 68.6. The standard InChI is InChI=1S/C90H160N12O48/c1-53(2)145-48-60-40-102(39-59(41-103)146-60)72(117)52-138-30-28-132-27-29-137-49-69(114)99-58(46-139-50-70(115)100-61(85(126)93-13-17-130-21-25-135-33-37-143-89-75(97-56(5)110)83(124)79(120)65(44-106)149-89)7-9-67(112)91-11-15-128-19-23-133-31-35-141-87-73(95-54(3)108)81(122)77(118)63(42-104)147-87)47-140-51-71(116)101-62(86(127)94-14-18-131-22-26-136-34-38-144-90-76(98-57(6)111)84(125)80(121)66(45-107)150-90)8-10-68(113)92-12-16-129-20-24-134-32-36-142-88-74(96-55(4)109)82(123)78(119)64(43-105)148-88/h53,58-66,73-84,87-90,103-107,118-125H,7-52H2,1-6H3,(H,91,112)(H,92,113)(H,93,126)(H,94,127)(H,95,108)(H,96,109)(H,97,110)(H,98,111)(H,99,114)(H,100,115)(H,101,116)/t58?,59-,60-,61+,62+,63?,64?,65?,66?,73?,74?,75?,76?,77?,78?,79?,80?,81?,82?,83?,84?,87?,88?,89?,90?/m0/s1. The Morgan fingerprint density at radius 3 is 0.880 bits per heavy atom. The van der Waals surface area contributed by atoms with Crippen LogP contribution in [-0.4, -0.2) is 578 Å². The fourth-order valence-electron chi connectivity index (χ4n) is 15.0. The Balaban J connectivity index is 1.20. The molecular formula is C90H160N12O48. The lowest BCUT2D eigenvalue weighted by molar-refractivity contribution is -0.272. The maximum absolute atomic E-state index is 13.9. The smallest absolute Gasteiger partial charge is 0.248 e.